The second kappa shape index (κ2) is 8.42. The Kier molecular flexibility index (Phi) is 5.36. The monoisotopic (exact) mass is 508 g/mol. The third-order valence-corrected chi connectivity index (χ3v) is 8.52. The molecule has 2 heterocycles. The van der Waals surface area contributed by atoms with Crippen LogP contribution in [0, 0.1) is 29.5 Å². The lowest BCUT2D eigenvalue weighted by Crippen LogP contribution is -2.49. The van der Waals surface area contributed by atoms with Gasteiger partial charge < -0.3 is 5.11 Å². The Hall–Kier alpha value is -4.18. The molecule has 0 radical (unpaired) electrons. The summed E-state index contributed by atoms with van der Waals surface area (Å²) in [5, 5.41) is 11.5. The minimum Gasteiger partial charge on any atom is -0.523 e. The van der Waals surface area contributed by atoms with Gasteiger partial charge in [-0.25, -0.2) is 23.6 Å². The van der Waals surface area contributed by atoms with E-state index in [1.165, 1.54) is 18.3 Å². The van der Waals surface area contributed by atoms with Gasteiger partial charge in [0.25, 0.3) is 0 Å². The van der Waals surface area contributed by atoms with Crippen LogP contribution in [0.15, 0.2) is 66.2 Å². The van der Waals surface area contributed by atoms with Gasteiger partial charge in [-0.2, -0.15) is 0 Å². The fourth-order valence-corrected chi connectivity index (χ4v) is 6.72. The Morgan fingerprint density at radius 2 is 1.74 bits per heavy atom. The molecular weight excluding hydrogens is 482 g/mol. The molecule has 38 heavy (non-hydrogen) atoms. The number of fused-ring (bicyclic) bond motifs is 4. The van der Waals surface area contributed by atoms with Crippen LogP contribution in [-0.2, 0) is 11.8 Å². The molecule has 7 heteroatoms. The molecule has 2 atom stereocenters. The maximum absolute atomic E-state index is 15.2. The first-order valence-electron chi connectivity index (χ1n) is 12.7. The van der Waals surface area contributed by atoms with E-state index >= 15 is 4.39 Å². The van der Waals surface area contributed by atoms with Crippen molar-refractivity contribution in [2.45, 2.75) is 45.4 Å². The first-order chi connectivity index (χ1) is 18.2. The lowest BCUT2D eigenvalue weighted by molar-refractivity contribution is 0.0625. The van der Waals surface area contributed by atoms with Crippen LogP contribution in [0.4, 0.5) is 8.78 Å². The predicted octanol–water partition coefficient (Wildman–Crippen LogP) is 7.58. The fourth-order valence-electron chi connectivity index (χ4n) is 6.72. The normalized spacial score (nSPS) is 22.1. The van der Waals surface area contributed by atoms with Gasteiger partial charge in [0.2, 0.25) is 5.70 Å². The van der Waals surface area contributed by atoms with Crippen LogP contribution < -0.4 is 0 Å². The van der Waals surface area contributed by atoms with Crippen molar-refractivity contribution < 1.29 is 13.9 Å². The van der Waals surface area contributed by atoms with Crippen LogP contribution in [0.2, 0.25) is 0 Å². The molecular formula is C31H26F2N4O. The van der Waals surface area contributed by atoms with Gasteiger partial charge in [0.1, 0.15) is 22.9 Å². The number of benzene rings is 2. The highest BCUT2D eigenvalue weighted by Gasteiger charge is 2.55. The molecule has 0 amide bonds. The van der Waals surface area contributed by atoms with E-state index < -0.39 is 16.6 Å². The molecule has 2 aliphatic rings. The number of nitrogens with zero attached hydrogens (tertiary/aromatic N) is 4. The topological polar surface area (TPSA) is 63.3 Å². The number of rotatable bonds is 2. The van der Waals surface area contributed by atoms with Gasteiger partial charge in [-0.1, -0.05) is 45.0 Å². The first kappa shape index (κ1) is 24.2. The number of halogens is 2. The summed E-state index contributed by atoms with van der Waals surface area (Å²) < 4.78 is 29.8. The summed E-state index contributed by atoms with van der Waals surface area (Å²) in [5.74, 6) is -0.350. The lowest BCUT2D eigenvalue weighted by atomic mass is 9.52. The molecule has 0 spiro atoms. The molecule has 6 rings (SSSR count). The van der Waals surface area contributed by atoms with Gasteiger partial charge >= 0.3 is 0 Å². The van der Waals surface area contributed by atoms with E-state index in [4.69, 9.17) is 16.5 Å². The average molecular weight is 509 g/mol. The van der Waals surface area contributed by atoms with E-state index in [9.17, 15) is 9.50 Å². The minimum absolute atomic E-state index is 0.00384. The van der Waals surface area contributed by atoms with Crippen molar-refractivity contribution in [3.8, 4) is 22.6 Å². The minimum atomic E-state index is -0.639. The van der Waals surface area contributed by atoms with E-state index in [0.717, 1.165) is 17.7 Å². The Labute approximate surface area is 219 Å². The molecule has 0 unspecified atom stereocenters. The van der Waals surface area contributed by atoms with Crippen molar-refractivity contribution in [1.82, 2.24) is 15.0 Å². The summed E-state index contributed by atoms with van der Waals surface area (Å²) in [5.41, 5.74) is 2.37. The average Bonchev–Trinajstić information content (AvgIpc) is 2.91. The number of aromatic nitrogens is 3. The summed E-state index contributed by atoms with van der Waals surface area (Å²) in [6.45, 7) is 13.8. The highest BCUT2D eigenvalue weighted by atomic mass is 19.1. The Morgan fingerprint density at radius 3 is 2.50 bits per heavy atom. The van der Waals surface area contributed by atoms with Gasteiger partial charge in [-0.3, -0.25) is 4.98 Å². The van der Waals surface area contributed by atoms with Crippen LogP contribution >= 0.6 is 0 Å². The molecule has 2 aliphatic carbocycles. The van der Waals surface area contributed by atoms with Crippen molar-refractivity contribution in [3.05, 3.63) is 100 Å². The molecule has 2 aromatic carbocycles. The highest BCUT2D eigenvalue weighted by molar-refractivity contribution is 5.93. The van der Waals surface area contributed by atoms with Gasteiger partial charge in [0.15, 0.2) is 5.82 Å². The zero-order valence-corrected chi connectivity index (χ0v) is 21.4. The van der Waals surface area contributed by atoms with E-state index in [1.54, 1.807) is 36.4 Å². The second-order valence-electron chi connectivity index (χ2n) is 11.0. The molecule has 0 aliphatic heterocycles. The number of pyridine rings is 1. The molecule has 190 valence electrons. The van der Waals surface area contributed by atoms with Crippen LogP contribution in [0.5, 0.6) is 0 Å². The molecule has 2 aromatic heterocycles. The van der Waals surface area contributed by atoms with Crippen LogP contribution in [0.25, 0.3) is 38.4 Å². The molecule has 0 bridgehead atoms. The van der Waals surface area contributed by atoms with E-state index in [1.807, 2.05) is 13.8 Å². The quantitative estimate of drug-likeness (QED) is 0.284. The van der Waals surface area contributed by atoms with Gasteiger partial charge in [0.05, 0.1) is 18.0 Å². The SMILES string of the molecule is [C-]#[N+]C1=C(O)C(C)(C)[C@H]2CCc3c(-c4ccccc4F)nc(-c4ccnc5c(F)cccc45)nc3[C@]2(C)C1. The fraction of sp³-hybridized carbons (Fsp3) is 0.290. The summed E-state index contributed by atoms with van der Waals surface area (Å²) in [4.78, 5) is 17.9. The third kappa shape index (κ3) is 3.36. The number of hydrogen-bond donors (Lipinski definition) is 1. The van der Waals surface area contributed by atoms with E-state index in [0.29, 0.717) is 46.6 Å². The molecule has 0 saturated heterocycles. The summed E-state index contributed by atoms with van der Waals surface area (Å²) in [6.07, 6.45) is 3.19. The van der Waals surface area contributed by atoms with Crippen LogP contribution in [0.1, 0.15) is 44.9 Å². The molecule has 4 aromatic rings. The molecule has 5 nitrogen and oxygen atoms in total. The summed E-state index contributed by atoms with van der Waals surface area (Å²) >= 11 is 0. The first-order valence-corrected chi connectivity index (χ1v) is 12.7. The predicted molar refractivity (Wildman–Crippen MR) is 142 cm³/mol. The Morgan fingerprint density at radius 1 is 0.974 bits per heavy atom. The van der Waals surface area contributed by atoms with Crippen molar-refractivity contribution in [2.75, 3.05) is 0 Å². The van der Waals surface area contributed by atoms with E-state index in [-0.39, 0.29) is 23.0 Å². The highest BCUT2D eigenvalue weighted by Crippen LogP contribution is 2.59. The van der Waals surface area contributed by atoms with Gasteiger partial charge in [-0.15, -0.1) is 0 Å². The second-order valence-corrected chi connectivity index (χ2v) is 11.0. The van der Waals surface area contributed by atoms with Gasteiger partial charge in [-0.05, 0) is 49.4 Å². The Bertz CT molecular complexity index is 1700. The lowest BCUT2D eigenvalue weighted by Gasteiger charge is -2.52. The zero-order valence-electron chi connectivity index (χ0n) is 21.4. The number of allylic oxidation sites excluding steroid dienone is 2. The van der Waals surface area contributed by atoms with Crippen molar-refractivity contribution >= 4 is 10.9 Å². The molecule has 0 fully saturated rings. The van der Waals surface area contributed by atoms with Crippen LogP contribution in [0.3, 0.4) is 0 Å². The summed E-state index contributed by atoms with van der Waals surface area (Å²) in [6, 6.07) is 13.0. The largest absolute Gasteiger partial charge is 0.523 e. The number of aliphatic hydroxyl groups is 1. The summed E-state index contributed by atoms with van der Waals surface area (Å²) in [7, 11) is 0. The maximum Gasteiger partial charge on any atom is 0.203 e. The number of hydrogen-bond acceptors (Lipinski definition) is 4. The van der Waals surface area contributed by atoms with Gasteiger partial charge in [0, 0.05) is 39.1 Å². The number of para-hydroxylation sites is 1. The molecule has 1 N–H and O–H groups in total. The zero-order chi connectivity index (χ0) is 26.8. The molecule has 0 saturated carbocycles. The van der Waals surface area contributed by atoms with Crippen molar-refractivity contribution in [3.63, 3.8) is 0 Å². The Balaban J connectivity index is 1.69. The van der Waals surface area contributed by atoms with Crippen molar-refractivity contribution in [2.24, 2.45) is 11.3 Å². The maximum atomic E-state index is 15.2. The number of aliphatic hydroxyl groups excluding tert-OH is 1. The smallest absolute Gasteiger partial charge is 0.203 e. The van der Waals surface area contributed by atoms with E-state index in [2.05, 4.69) is 16.8 Å². The standard InChI is InChI=1S/C31H26F2N4O/c1-30(2)24-13-12-20-25(19-8-5-6-10-21(19)32)36-29(18-14-15-35-26-17(18)9-7-11-22(26)33)37-27(20)31(24,3)16-23(34-4)28(30)38/h5-11,14-15,24,38H,12-13,16H2,1-3H3/t24-,31-/m1/s1. The van der Waals surface area contributed by atoms with Crippen molar-refractivity contribution in [1.29, 1.82) is 0 Å². The third-order valence-electron chi connectivity index (χ3n) is 8.52. The van der Waals surface area contributed by atoms with Crippen LogP contribution in [-0.4, -0.2) is 20.1 Å².